The summed E-state index contributed by atoms with van der Waals surface area (Å²) in [6, 6.07) is 24.6. The third-order valence-corrected chi connectivity index (χ3v) is 5.54. The second kappa shape index (κ2) is 13.0. The van der Waals surface area contributed by atoms with Gasteiger partial charge in [0, 0.05) is 5.56 Å². The maximum absolute atomic E-state index is 12.6. The molecule has 194 valence electrons. The molecule has 8 heteroatoms. The van der Waals surface area contributed by atoms with Gasteiger partial charge < -0.3 is 19.4 Å². The Kier molecular flexibility index (Phi) is 9.48. The van der Waals surface area contributed by atoms with Crippen molar-refractivity contribution in [2.75, 3.05) is 0 Å². The molecular weight excluding hydrogens is 488 g/mol. The average Bonchev–Trinajstić information content (AvgIpc) is 2.92. The van der Waals surface area contributed by atoms with E-state index in [1.807, 2.05) is 68.3 Å². The first-order chi connectivity index (χ1) is 18.3. The Balaban J connectivity index is 0.00000195. The molecule has 0 aliphatic rings. The fraction of sp³-hybridized carbons (Fsp3) is 0.100. The molecule has 0 spiro atoms. The molecule has 0 unspecified atom stereocenters. The SMILES string of the molecule is C=O.Cc1ccc(Oc2ccc(-c3ccc(OC(=O)c4ccc(C)cc4C(=O)O)cc3)cc2)c(COO)c1. The molecule has 0 bridgehead atoms. The average molecular weight is 515 g/mol. The van der Waals surface area contributed by atoms with Gasteiger partial charge in [-0.15, -0.1) is 0 Å². The minimum atomic E-state index is -1.19. The second-order valence-electron chi connectivity index (χ2n) is 8.28. The number of esters is 1. The molecule has 8 nitrogen and oxygen atoms in total. The smallest absolute Gasteiger partial charge is 0.344 e. The third-order valence-electron chi connectivity index (χ3n) is 5.54. The van der Waals surface area contributed by atoms with Crippen molar-refractivity contribution in [2.24, 2.45) is 0 Å². The summed E-state index contributed by atoms with van der Waals surface area (Å²) in [5.41, 5.74) is 4.22. The predicted molar refractivity (Wildman–Crippen MR) is 141 cm³/mol. The lowest BCUT2D eigenvalue weighted by Gasteiger charge is -2.12. The van der Waals surface area contributed by atoms with E-state index in [1.54, 1.807) is 25.1 Å². The van der Waals surface area contributed by atoms with Gasteiger partial charge in [0.2, 0.25) is 0 Å². The zero-order valence-corrected chi connectivity index (χ0v) is 20.8. The number of aryl methyl sites for hydroxylation is 2. The van der Waals surface area contributed by atoms with Crippen molar-refractivity contribution >= 4 is 18.7 Å². The van der Waals surface area contributed by atoms with Crippen LogP contribution in [0.15, 0.2) is 84.9 Å². The van der Waals surface area contributed by atoms with E-state index in [4.69, 9.17) is 19.5 Å². The molecule has 0 atom stereocenters. The molecule has 4 aromatic carbocycles. The van der Waals surface area contributed by atoms with Gasteiger partial charge in [0.15, 0.2) is 0 Å². The van der Waals surface area contributed by atoms with Crippen LogP contribution in [-0.4, -0.2) is 29.1 Å². The monoisotopic (exact) mass is 514 g/mol. The quantitative estimate of drug-likeness (QED) is 0.119. The molecule has 0 aliphatic carbocycles. The topological polar surface area (TPSA) is 119 Å². The lowest BCUT2D eigenvalue weighted by molar-refractivity contribution is -0.253. The van der Waals surface area contributed by atoms with Crippen LogP contribution in [0.5, 0.6) is 17.2 Å². The summed E-state index contributed by atoms with van der Waals surface area (Å²) in [7, 11) is 0. The number of ether oxygens (including phenoxy) is 2. The minimum absolute atomic E-state index is 0.00458. The number of carbonyl (C=O) groups is 3. The lowest BCUT2D eigenvalue weighted by Crippen LogP contribution is -2.14. The fourth-order valence-corrected chi connectivity index (χ4v) is 3.72. The number of carbonyl (C=O) groups excluding carboxylic acids is 2. The van der Waals surface area contributed by atoms with E-state index in [2.05, 4.69) is 4.89 Å². The number of rotatable bonds is 8. The van der Waals surface area contributed by atoms with E-state index in [1.165, 1.54) is 12.1 Å². The molecule has 0 saturated heterocycles. The molecular formula is C30H26O8. The first-order valence-electron chi connectivity index (χ1n) is 11.4. The maximum Gasteiger partial charge on any atom is 0.344 e. The van der Waals surface area contributed by atoms with Gasteiger partial charge in [0.25, 0.3) is 0 Å². The van der Waals surface area contributed by atoms with Crippen LogP contribution in [0.3, 0.4) is 0 Å². The largest absolute Gasteiger partial charge is 0.478 e. The van der Waals surface area contributed by atoms with E-state index >= 15 is 0 Å². The van der Waals surface area contributed by atoms with Crippen molar-refractivity contribution < 1.29 is 39.1 Å². The zero-order valence-electron chi connectivity index (χ0n) is 20.8. The summed E-state index contributed by atoms with van der Waals surface area (Å²) in [6.45, 7) is 5.72. The molecule has 0 heterocycles. The van der Waals surface area contributed by atoms with Gasteiger partial charge >= 0.3 is 11.9 Å². The summed E-state index contributed by atoms with van der Waals surface area (Å²) in [4.78, 5) is 36.3. The van der Waals surface area contributed by atoms with Gasteiger partial charge in [-0.25, -0.2) is 14.5 Å². The molecule has 4 aromatic rings. The van der Waals surface area contributed by atoms with Gasteiger partial charge in [0.1, 0.15) is 30.6 Å². The molecule has 0 saturated carbocycles. The van der Waals surface area contributed by atoms with Crippen LogP contribution in [0.4, 0.5) is 0 Å². The molecule has 38 heavy (non-hydrogen) atoms. The fourth-order valence-electron chi connectivity index (χ4n) is 3.72. The number of carboxylic acid groups (broad SMARTS) is 1. The van der Waals surface area contributed by atoms with Crippen molar-refractivity contribution in [1.29, 1.82) is 0 Å². The van der Waals surface area contributed by atoms with E-state index in [0.717, 1.165) is 27.8 Å². The highest BCUT2D eigenvalue weighted by Gasteiger charge is 2.18. The van der Waals surface area contributed by atoms with Crippen LogP contribution < -0.4 is 9.47 Å². The van der Waals surface area contributed by atoms with Gasteiger partial charge in [-0.2, -0.15) is 0 Å². The highest BCUT2D eigenvalue weighted by Crippen LogP contribution is 2.30. The zero-order chi connectivity index (χ0) is 27.7. The van der Waals surface area contributed by atoms with Crippen molar-refractivity contribution in [1.82, 2.24) is 0 Å². The van der Waals surface area contributed by atoms with Crippen molar-refractivity contribution in [2.45, 2.75) is 20.5 Å². The van der Waals surface area contributed by atoms with Gasteiger partial charge in [-0.3, -0.25) is 5.26 Å². The highest BCUT2D eigenvalue weighted by molar-refractivity contribution is 6.03. The Bertz CT molecular complexity index is 1410. The Morgan fingerprint density at radius 1 is 0.737 bits per heavy atom. The molecule has 0 radical (unpaired) electrons. The first kappa shape index (κ1) is 27.8. The van der Waals surface area contributed by atoms with Crippen LogP contribution >= 0.6 is 0 Å². The summed E-state index contributed by atoms with van der Waals surface area (Å²) < 4.78 is 11.4. The van der Waals surface area contributed by atoms with Gasteiger partial charge in [-0.1, -0.05) is 47.5 Å². The van der Waals surface area contributed by atoms with E-state index in [0.29, 0.717) is 17.2 Å². The predicted octanol–water partition coefficient (Wildman–Crippen LogP) is 6.48. The maximum atomic E-state index is 12.6. The van der Waals surface area contributed by atoms with Crippen LogP contribution in [0, 0.1) is 13.8 Å². The van der Waals surface area contributed by atoms with E-state index in [9.17, 15) is 14.7 Å². The molecule has 4 rings (SSSR count). The molecule has 2 N–H and O–H groups in total. The van der Waals surface area contributed by atoms with Crippen LogP contribution in [0.1, 0.15) is 37.4 Å². The van der Waals surface area contributed by atoms with E-state index in [-0.39, 0.29) is 17.7 Å². The van der Waals surface area contributed by atoms with Crippen molar-refractivity contribution in [3.05, 3.63) is 113 Å². The number of hydrogen-bond donors (Lipinski definition) is 2. The minimum Gasteiger partial charge on any atom is -0.478 e. The van der Waals surface area contributed by atoms with Gasteiger partial charge in [-0.05, 0) is 73.5 Å². The molecule has 0 aromatic heterocycles. The lowest BCUT2D eigenvalue weighted by atomic mass is 10.0. The molecule has 0 aliphatic heterocycles. The highest BCUT2D eigenvalue weighted by atomic mass is 17.1. The second-order valence-corrected chi connectivity index (χ2v) is 8.28. The first-order valence-corrected chi connectivity index (χ1v) is 11.4. The Hall–Kier alpha value is -4.79. The summed E-state index contributed by atoms with van der Waals surface area (Å²) in [5, 5.41) is 18.2. The number of aromatic carboxylic acids is 1. The Labute approximate surface area is 219 Å². The summed E-state index contributed by atoms with van der Waals surface area (Å²) in [5.74, 6) is -0.399. The van der Waals surface area contributed by atoms with Crippen molar-refractivity contribution in [3.63, 3.8) is 0 Å². The van der Waals surface area contributed by atoms with Crippen LogP contribution in [-0.2, 0) is 16.3 Å². The number of benzene rings is 4. The van der Waals surface area contributed by atoms with E-state index < -0.39 is 11.9 Å². The van der Waals surface area contributed by atoms with Gasteiger partial charge in [0.05, 0.1) is 11.1 Å². The summed E-state index contributed by atoms with van der Waals surface area (Å²) in [6.07, 6.45) is 0. The summed E-state index contributed by atoms with van der Waals surface area (Å²) >= 11 is 0. The Morgan fingerprint density at radius 2 is 1.29 bits per heavy atom. The molecule has 0 fully saturated rings. The third kappa shape index (κ3) is 6.91. The Morgan fingerprint density at radius 3 is 1.87 bits per heavy atom. The number of carboxylic acids is 1. The van der Waals surface area contributed by atoms with Crippen LogP contribution in [0.2, 0.25) is 0 Å². The van der Waals surface area contributed by atoms with Crippen molar-refractivity contribution in [3.8, 4) is 28.4 Å². The standard InChI is InChI=1S/C29H24O7.CH2O/c1-18-4-14-27(22(15-18)17-34-33)35-23-9-5-20(6-10-23)21-7-11-24(12-8-21)36-29(32)25-13-3-19(2)16-26(25)28(30)31;1-2/h3-16,33H,17H2,1-2H3,(H,30,31);1H2. The van der Waals surface area contributed by atoms with Crippen LogP contribution in [0.25, 0.3) is 11.1 Å². The molecule has 0 amide bonds. The normalized spacial score (nSPS) is 10.2. The number of hydrogen-bond acceptors (Lipinski definition) is 7.